The fourth-order valence-corrected chi connectivity index (χ4v) is 6.68. The summed E-state index contributed by atoms with van der Waals surface area (Å²) >= 11 is 8.26. The van der Waals surface area contributed by atoms with Crippen molar-refractivity contribution in [2.75, 3.05) is 51.0 Å². The molecule has 0 bridgehead atoms. The number of thiol groups is 2. The maximum absolute atomic E-state index is 13.5. The first-order valence-corrected chi connectivity index (χ1v) is 15.0. The molecule has 0 unspecified atom stereocenters. The number of rotatable bonds is 10. The molecule has 0 fully saturated rings. The van der Waals surface area contributed by atoms with Crippen LogP contribution in [0.4, 0.5) is 0 Å². The van der Waals surface area contributed by atoms with E-state index < -0.39 is 0 Å². The number of fused-ring (bicyclic) bond motifs is 2. The van der Waals surface area contributed by atoms with Crippen molar-refractivity contribution in [3.8, 4) is 0 Å². The van der Waals surface area contributed by atoms with E-state index in [1.165, 1.54) is 9.80 Å². The molecule has 2 aliphatic heterocycles. The number of carbonyl (C=O) groups excluding carboxylic acids is 4. The van der Waals surface area contributed by atoms with Gasteiger partial charge in [-0.3, -0.25) is 29.0 Å². The van der Waals surface area contributed by atoms with Gasteiger partial charge in [0.15, 0.2) is 0 Å². The minimum absolute atomic E-state index is 0.157. The quantitative estimate of drug-likeness (QED) is 0.0788. The molecule has 5 aromatic carbocycles. The van der Waals surface area contributed by atoms with E-state index in [4.69, 9.17) is 9.47 Å². The van der Waals surface area contributed by atoms with Gasteiger partial charge < -0.3 is 9.47 Å². The SMILES string of the molecule is O=C1c2ccc3c4ccc5c6c(ccc(c7ccc(c2c37)C(=O)N1CCOCCS)c64)C(=O)N(CCOCCS)C5=O. The van der Waals surface area contributed by atoms with E-state index in [1.54, 1.807) is 24.3 Å². The van der Waals surface area contributed by atoms with Gasteiger partial charge >= 0.3 is 0 Å². The number of benzene rings is 5. The van der Waals surface area contributed by atoms with Crippen LogP contribution in [0.15, 0.2) is 48.5 Å². The summed E-state index contributed by atoms with van der Waals surface area (Å²) in [5, 5.41) is 6.34. The predicted octanol–water partition coefficient (Wildman–Crippen LogP) is 4.82. The minimum atomic E-state index is -0.351. The zero-order chi connectivity index (χ0) is 29.1. The maximum Gasteiger partial charge on any atom is 0.261 e. The number of carbonyl (C=O) groups is 4. The third-order valence-electron chi connectivity index (χ3n) is 8.19. The Hall–Kier alpha value is -3.70. The van der Waals surface area contributed by atoms with Gasteiger partial charge in [-0.15, -0.1) is 0 Å². The van der Waals surface area contributed by atoms with Gasteiger partial charge in [-0.2, -0.15) is 25.3 Å². The molecule has 5 aromatic rings. The lowest BCUT2D eigenvalue weighted by atomic mass is 9.82. The lowest BCUT2D eigenvalue weighted by molar-refractivity contribution is 0.0522. The van der Waals surface area contributed by atoms with E-state index in [-0.39, 0.29) is 49.9 Å². The molecule has 0 aliphatic carbocycles. The number of amides is 4. The maximum atomic E-state index is 13.5. The molecule has 0 atom stereocenters. The van der Waals surface area contributed by atoms with Crippen molar-refractivity contribution in [2.24, 2.45) is 0 Å². The fourth-order valence-electron chi connectivity index (χ4n) is 6.42. The highest BCUT2D eigenvalue weighted by Crippen LogP contribution is 2.46. The average molecular weight is 599 g/mol. The fraction of sp³-hybridized carbons (Fsp3) is 0.250. The zero-order valence-corrected chi connectivity index (χ0v) is 24.3. The summed E-state index contributed by atoms with van der Waals surface area (Å²) in [4.78, 5) is 56.6. The lowest BCUT2D eigenvalue weighted by Gasteiger charge is -2.30. The Balaban J connectivity index is 1.40. The van der Waals surface area contributed by atoms with Crippen molar-refractivity contribution in [3.05, 3.63) is 70.8 Å². The molecule has 0 N–H and O–H groups in total. The van der Waals surface area contributed by atoms with Gasteiger partial charge in [0, 0.05) is 44.5 Å². The highest BCUT2D eigenvalue weighted by Gasteiger charge is 2.36. The topological polar surface area (TPSA) is 93.2 Å². The first-order valence-electron chi connectivity index (χ1n) is 13.8. The molecule has 0 aromatic heterocycles. The number of ether oxygens (including phenoxy) is 2. The molecular formula is C32H26N2O6S2. The third-order valence-corrected chi connectivity index (χ3v) is 8.56. The lowest BCUT2D eigenvalue weighted by Crippen LogP contribution is -2.42. The monoisotopic (exact) mass is 598 g/mol. The molecular weight excluding hydrogens is 572 g/mol. The summed E-state index contributed by atoms with van der Waals surface area (Å²) in [5.74, 6) is -0.293. The van der Waals surface area contributed by atoms with Crippen LogP contribution in [0.1, 0.15) is 41.4 Å². The Bertz CT molecular complexity index is 1710. The normalized spacial score (nSPS) is 15.0. The van der Waals surface area contributed by atoms with Gasteiger partial charge in [0.1, 0.15) is 0 Å². The molecule has 4 amide bonds. The van der Waals surface area contributed by atoms with Gasteiger partial charge in [-0.05, 0) is 56.6 Å². The van der Waals surface area contributed by atoms with Gasteiger partial charge in [0.2, 0.25) is 0 Å². The van der Waals surface area contributed by atoms with Crippen molar-refractivity contribution in [3.63, 3.8) is 0 Å². The van der Waals surface area contributed by atoms with Crippen LogP contribution in [0.5, 0.6) is 0 Å². The summed E-state index contributed by atoms with van der Waals surface area (Å²) in [6, 6.07) is 14.7. The summed E-state index contributed by atoms with van der Waals surface area (Å²) < 4.78 is 11.0. The second-order valence-electron chi connectivity index (χ2n) is 10.3. The summed E-state index contributed by atoms with van der Waals surface area (Å²) in [6.07, 6.45) is 0. The highest BCUT2D eigenvalue weighted by molar-refractivity contribution is 7.80. The summed E-state index contributed by atoms with van der Waals surface area (Å²) in [6.45, 7) is 1.67. The highest BCUT2D eigenvalue weighted by atomic mass is 32.1. The van der Waals surface area contributed by atoms with Crippen LogP contribution in [0.3, 0.4) is 0 Å². The Morgan fingerprint density at radius 1 is 0.452 bits per heavy atom. The van der Waals surface area contributed by atoms with E-state index >= 15 is 0 Å². The van der Waals surface area contributed by atoms with Gasteiger partial charge in [-0.25, -0.2) is 0 Å². The molecule has 212 valence electrons. The minimum Gasteiger partial charge on any atom is -0.379 e. The van der Waals surface area contributed by atoms with Crippen molar-refractivity contribution in [2.45, 2.75) is 0 Å². The van der Waals surface area contributed by atoms with E-state index in [9.17, 15) is 19.2 Å². The van der Waals surface area contributed by atoms with E-state index in [0.29, 0.717) is 57.7 Å². The Labute approximate surface area is 251 Å². The van der Waals surface area contributed by atoms with Crippen molar-refractivity contribution < 1.29 is 28.7 Å². The smallest absolute Gasteiger partial charge is 0.261 e. The zero-order valence-electron chi connectivity index (χ0n) is 22.5. The van der Waals surface area contributed by atoms with Gasteiger partial charge in [0.25, 0.3) is 23.6 Å². The molecule has 0 saturated heterocycles. The van der Waals surface area contributed by atoms with E-state index in [2.05, 4.69) is 25.3 Å². The largest absolute Gasteiger partial charge is 0.379 e. The molecule has 0 spiro atoms. The second kappa shape index (κ2) is 10.5. The molecule has 0 saturated carbocycles. The first kappa shape index (κ1) is 27.2. The van der Waals surface area contributed by atoms with E-state index in [0.717, 1.165) is 32.3 Å². The van der Waals surface area contributed by atoms with Crippen LogP contribution >= 0.6 is 25.3 Å². The third kappa shape index (κ3) is 3.86. The number of hydrogen-bond donors (Lipinski definition) is 2. The molecule has 42 heavy (non-hydrogen) atoms. The summed E-state index contributed by atoms with van der Waals surface area (Å²) in [7, 11) is 0. The van der Waals surface area contributed by atoms with Gasteiger partial charge in [0.05, 0.1) is 39.5 Å². The molecule has 10 heteroatoms. The van der Waals surface area contributed by atoms with Crippen LogP contribution in [0, 0.1) is 0 Å². The Kier molecular flexibility index (Phi) is 6.81. The molecule has 2 heterocycles. The average Bonchev–Trinajstić information content (AvgIpc) is 3.01. The Morgan fingerprint density at radius 3 is 1.05 bits per heavy atom. The molecule has 2 aliphatic rings. The van der Waals surface area contributed by atoms with Crippen molar-refractivity contribution in [1.29, 1.82) is 0 Å². The molecule has 8 nitrogen and oxygen atoms in total. The van der Waals surface area contributed by atoms with Crippen molar-refractivity contribution >= 4 is 92.0 Å². The van der Waals surface area contributed by atoms with Crippen LogP contribution in [-0.2, 0) is 9.47 Å². The summed E-state index contributed by atoms with van der Waals surface area (Å²) in [5.41, 5.74) is 1.87. The van der Waals surface area contributed by atoms with Gasteiger partial charge in [-0.1, -0.05) is 24.3 Å². The van der Waals surface area contributed by atoms with E-state index in [1.807, 2.05) is 24.3 Å². The second-order valence-corrected chi connectivity index (χ2v) is 11.2. The van der Waals surface area contributed by atoms with Crippen LogP contribution in [-0.4, -0.2) is 84.5 Å². The standard InChI is InChI=1S/C32H26N2O6S2/c35-29-21-5-1-17-18-2-6-23-28-24(32(38)34(31(23)37)10-12-40-14-16-42)8-4-20(26(18)28)19-3-7-22(27(21)25(17)19)30(36)33(29)9-11-39-13-15-41/h1-8,41-42H,9-16H2. The van der Waals surface area contributed by atoms with Crippen LogP contribution in [0.2, 0.25) is 0 Å². The molecule has 0 radical (unpaired) electrons. The number of nitrogens with zero attached hydrogens (tertiary/aromatic N) is 2. The van der Waals surface area contributed by atoms with Crippen LogP contribution in [0.25, 0.3) is 43.1 Å². The number of imide groups is 2. The van der Waals surface area contributed by atoms with Crippen LogP contribution < -0.4 is 0 Å². The van der Waals surface area contributed by atoms with Crippen molar-refractivity contribution in [1.82, 2.24) is 9.80 Å². The Morgan fingerprint density at radius 2 is 0.762 bits per heavy atom. The first-order chi connectivity index (χ1) is 20.5. The molecule has 7 rings (SSSR count). The number of hydrogen-bond acceptors (Lipinski definition) is 8. The predicted molar refractivity (Wildman–Crippen MR) is 168 cm³/mol.